The van der Waals surface area contributed by atoms with Gasteiger partial charge in [0, 0.05) is 37.9 Å². The number of nitrogens with zero attached hydrogens (tertiary/aromatic N) is 6. The zero-order valence-electron chi connectivity index (χ0n) is 18.8. The third-order valence-corrected chi connectivity index (χ3v) is 5.94. The molecule has 0 aliphatic rings. The molecule has 0 atom stereocenters. The predicted molar refractivity (Wildman–Crippen MR) is 125 cm³/mol. The Morgan fingerprint density at radius 3 is 1.44 bits per heavy atom. The summed E-state index contributed by atoms with van der Waals surface area (Å²) >= 11 is 0. The molecule has 6 nitrogen and oxygen atoms in total. The van der Waals surface area contributed by atoms with Crippen LogP contribution in [0.4, 0.5) is 0 Å². The highest BCUT2D eigenvalue weighted by atomic mass is 15.0. The Balaban J connectivity index is 1.41. The zero-order valence-corrected chi connectivity index (χ0v) is 18.8. The number of unbranched alkanes of at least 4 members (excludes halogenated alkanes) is 6. The molecule has 0 fully saturated rings. The van der Waals surface area contributed by atoms with Crippen molar-refractivity contribution < 1.29 is 0 Å². The van der Waals surface area contributed by atoms with Crippen LogP contribution in [0.3, 0.4) is 0 Å². The smallest absolute Gasteiger partial charge is 0.101 e. The van der Waals surface area contributed by atoms with Gasteiger partial charge in [-0.2, -0.15) is 10.5 Å². The van der Waals surface area contributed by atoms with Crippen LogP contribution in [-0.2, 0) is 25.9 Å². The van der Waals surface area contributed by atoms with Crippen molar-refractivity contribution in [2.45, 2.75) is 77.3 Å². The van der Waals surface area contributed by atoms with Crippen LogP contribution in [0.2, 0.25) is 0 Å². The number of aromatic nitrogens is 4. The fraction of sp³-hybridized carbons (Fsp3) is 0.462. The van der Waals surface area contributed by atoms with Crippen LogP contribution in [0.15, 0.2) is 49.6 Å². The predicted octanol–water partition coefficient (Wildman–Crippen LogP) is 5.43. The molecule has 3 aromatic rings. The standard InChI is InChI=1S/C26H32N6/c27-19-25-23(9-5-1-3-7-15-31-17-13-29-21-31)11-12-24(26(25)20-28)10-6-2-4-8-16-32-18-14-30-22-32/h11-14,17-18,21-22H,1-10,15-16H2. The first-order chi connectivity index (χ1) is 15.8. The molecular formula is C26H32N6. The summed E-state index contributed by atoms with van der Waals surface area (Å²) < 4.78 is 4.21. The summed E-state index contributed by atoms with van der Waals surface area (Å²) in [5.74, 6) is 0. The minimum absolute atomic E-state index is 0.587. The molecule has 2 heterocycles. The number of hydrogen-bond acceptors (Lipinski definition) is 4. The number of aryl methyl sites for hydroxylation is 4. The van der Waals surface area contributed by atoms with Crippen molar-refractivity contribution in [1.82, 2.24) is 19.1 Å². The van der Waals surface area contributed by atoms with Crippen molar-refractivity contribution in [1.29, 1.82) is 10.5 Å². The maximum Gasteiger partial charge on any atom is 0.101 e. The maximum atomic E-state index is 9.72. The van der Waals surface area contributed by atoms with Gasteiger partial charge in [-0.25, -0.2) is 9.97 Å². The largest absolute Gasteiger partial charge is 0.337 e. The van der Waals surface area contributed by atoms with Crippen LogP contribution in [0.25, 0.3) is 0 Å². The number of benzene rings is 1. The second kappa shape index (κ2) is 13.1. The van der Waals surface area contributed by atoms with Gasteiger partial charge < -0.3 is 9.13 Å². The van der Waals surface area contributed by atoms with E-state index in [-0.39, 0.29) is 0 Å². The SMILES string of the molecule is N#Cc1c(CCCCCCn2ccnc2)ccc(CCCCCCn2ccnc2)c1C#N. The molecule has 0 saturated heterocycles. The van der Waals surface area contributed by atoms with E-state index in [1.54, 1.807) is 0 Å². The molecule has 2 aromatic heterocycles. The van der Waals surface area contributed by atoms with Gasteiger partial charge in [-0.3, -0.25) is 0 Å². The third kappa shape index (κ3) is 7.10. The number of imidazole rings is 2. The summed E-state index contributed by atoms with van der Waals surface area (Å²) in [6.45, 7) is 2.00. The van der Waals surface area contributed by atoms with Crippen molar-refractivity contribution in [2.75, 3.05) is 0 Å². The molecular weight excluding hydrogens is 396 g/mol. The van der Waals surface area contributed by atoms with Crippen LogP contribution >= 0.6 is 0 Å². The average Bonchev–Trinajstić information content (AvgIpc) is 3.52. The lowest BCUT2D eigenvalue weighted by Crippen LogP contribution is -2.01. The summed E-state index contributed by atoms with van der Waals surface area (Å²) in [5, 5.41) is 19.4. The van der Waals surface area contributed by atoms with Crippen LogP contribution in [-0.4, -0.2) is 19.1 Å². The van der Waals surface area contributed by atoms with Gasteiger partial charge in [0.25, 0.3) is 0 Å². The Morgan fingerprint density at radius 1 is 0.625 bits per heavy atom. The molecule has 0 aliphatic heterocycles. The van der Waals surface area contributed by atoms with Crippen LogP contribution in [0, 0.1) is 22.7 Å². The Labute approximate surface area is 191 Å². The van der Waals surface area contributed by atoms with E-state index in [4.69, 9.17) is 0 Å². The van der Waals surface area contributed by atoms with Gasteiger partial charge in [0.1, 0.15) is 12.1 Å². The topological polar surface area (TPSA) is 83.2 Å². The van der Waals surface area contributed by atoms with E-state index in [0.717, 1.165) is 88.4 Å². The highest BCUT2D eigenvalue weighted by Gasteiger charge is 2.13. The first-order valence-electron chi connectivity index (χ1n) is 11.7. The maximum absolute atomic E-state index is 9.72. The van der Waals surface area contributed by atoms with Crippen LogP contribution in [0.5, 0.6) is 0 Å². The van der Waals surface area contributed by atoms with Crippen molar-refractivity contribution in [3.8, 4) is 12.1 Å². The van der Waals surface area contributed by atoms with Gasteiger partial charge in [0.15, 0.2) is 0 Å². The fourth-order valence-corrected chi connectivity index (χ4v) is 4.13. The Morgan fingerprint density at radius 2 is 1.06 bits per heavy atom. The van der Waals surface area contributed by atoms with Crippen molar-refractivity contribution in [3.05, 3.63) is 71.8 Å². The molecule has 1 aromatic carbocycles. The summed E-state index contributed by atoms with van der Waals surface area (Å²) in [5.41, 5.74) is 3.21. The summed E-state index contributed by atoms with van der Waals surface area (Å²) in [7, 11) is 0. The van der Waals surface area contributed by atoms with E-state index >= 15 is 0 Å². The first-order valence-corrected chi connectivity index (χ1v) is 11.7. The fourth-order valence-electron chi connectivity index (χ4n) is 4.13. The Bertz CT molecular complexity index is 923. The highest BCUT2D eigenvalue weighted by Crippen LogP contribution is 2.22. The van der Waals surface area contributed by atoms with Gasteiger partial charge in [0.2, 0.25) is 0 Å². The van der Waals surface area contributed by atoms with E-state index in [0.29, 0.717) is 11.1 Å². The third-order valence-electron chi connectivity index (χ3n) is 5.94. The normalized spacial score (nSPS) is 10.7. The number of rotatable bonds is 14. The van der Waals surface area contributed by atoms with Crippen molar-refractivity contribution in [3.63, 3.8) is 0 Å². The zero-order chi connectivity index (χ0) is 22.4. The second-order valence-corrected chi connectivity index (χ2v) is 8.29. The Hall–Kier alpha value is -3.38. The molecule has 3 rings (SSSR count). The molecule has 6 heteroatoms. The monoisotopic (exact) mass is 428 g/mol. The van der Waals surface area contributed by atoms with Gasteiger partial charge >= 0.3 is 0 Å². The minimum atomic E-state index is 0.587. The number of nitriles is 2. The molecule has 0 bridgehead atoms. The van der Waals surface area contributed by atoms with Gasteiger partial charge in [-0.1, -0.05) is 37.8 Å². The lowest BCUT2D eigenvalue weighted by atomic mass is 9.92. The average molecular weight is 429 g/mol. The molecule has 32 heavy (non-hydrogen) atoms. The van der Waals surface area contributed by atoms with E-state index in [9.17, 15) is 10.5 Å². The van der Waals surface area contributed by atoms with E-state index in [2.05, 4.69) is 43.4 Å². The first kappa shape index (κ1) is 23.3. The van der Waals surface area contributed by atoms with Gasteiger partial charge in [-0.05, 0) is 49.7 Å². The lowest BCUT2D eigenvalue weighted by Gasteiger charge is -2.11. The van der Waals surface area contributed by atoms with Crippen molar-refractivity contribution in [2.24, 2.45) is 0 Å². The quantitative estimate of drug-likeness (QED) is 0.321. The molecule has 0 aliphatic carbocycles. The molecule has 0 spiro atoms. The number of hydrogen-bond donors (Lipinski definition) is 0. The lowest BCUT2D eigenvalue weighted by molar-refractivity contribution is 0.570. The van der Waals surface area contributed by atoms with Gasteiger partial charge in [-0.15, -0.1) is 0 Å². The Kier molecular flexibility index (Phi) is 9.55. The van der Waals surface area contributed by atoms with Crippen LogP contribution < -0.4 is 0 Å². The molecule has 0 saturated carbocycles. The second-order valence-electron chi connectivity index (χ2n) is 8.29. The van der Waals surface area contributed by atoms with E-state index < -0.39 is 0 Å². The highest BCUT2D eigenvalue weighted by molar-refractivity contribution is 5.54. The minimum Gasteiger partial charge on any atom is -0.337 e. The van der Waals surface area contributed by atoms with Crippen molar-refractivity contribution >= 4 is 0 Å². The summed E-state index contributed by atoms with van der Waals surface area (Å²) in [6.07, 6.45) is 21.9. The van der Waals surface area contributed by atoms with Crippen LogP contribution in [0.1, 0.15) is 73.6 Å². The van der Waals surface area contributed by atoms with Gasteiger partial charge in [0.05, 0.1) is 23.8 Å². The van der Waals surface area contributed by atoms with E-state index in [1.165, 1.54) is 0 Å². The molecule has 0 radical (unpaired) electrons. The molecule has 0 amide bonds. The van der Waals surface area contributed by atoms with E-state index in [1.807, 2.05) is 37.4 Å². The molecule has 0 N–H and O–H groups in total. The summed E-state index contributed by atoms with van der Waals surface area (Å²) in [6, 6.07) is 8.76. The molecule has 0 unspecified atom stereocenters. The summed E-state index contributed by atoms with van der Waals surface area (Å²) in [4.78, 5) is 8.13. The molecule has 166 valence electrons.